The van der Waals surface area contributed by atoms with Crippen molar-refractivity contribution in [2.24, 2.45) is 29.6 Å². The Balaban J connectivity index is 2.54. The lowest BCUT2D eigenvalue weighted by molar-refractivity contribution is -0.140. The van der Waals surface area contributed by atoms with Crippen LogP contribution >= 0.6 is 11.8 Å². The monoisotopic (exact) mass is 420 g/mol. The topological polar surface area (TPSA) is 43.4 Å². The summed E-state index contributed by atoms with van der Waals surface area (Å²) < 4.78 is 4.67. The van der Waals surface area contributed by atoms with E-state index >= 15 is 0 Å². The van der Waals surface area contributed by atoms with Gasteiger partial charge in [-0.3, -0.25) is 9.59 Å². The number of thioether (sulfide) groups is 1. The zero-order valence-corrected chi connectivity index (χ0v) is 19.9. The van der Waals surface area contributed by atoms with Gasteiger partial charge in [0.25, 0.3) is 0 Å². The van der Waals surface area contributed by atoms with Gasteiger partial charge in [-0.05, 0) is 54.4 Å². The highest BCUT2D eigenvalue weighted by molar-refractivity contribution is 7.99. The van der Waals surface area contributed by atoms with Crippen LogP contribution in [0.4, 0.5) is 0 Å². The van der Waals surface area contributed by atoms with Gasteiger partial charge in [0.05, 0.1) is 7.11 Å². The third-order valence-corrected chi connectivity index (χ3v) is 7.14. The minimum atomic E-state index is -0.143. The Labute approximate surface area is 182 Å². The Kier molecular flexibility index (Phi) is 13.1. The summed E-state index contributed by atoms with van der Waals surface area (Å²) in [6.07, 6.45) is 10.7. The SMILES string of the molecule is CCC#CC[C@H](C)C(/C=C/[C@H]1[C@H](C)CC(=O)[C@@H]1CCSCCCC(=O)OC)CC. The third-order valence-electron chi connectivity index (χ3n) is 6.04. The first-order valence-electron chi connectivity index (χ1n) is 11.3. The van der Waals surface area contributed by atoms with Gasteiger partial charge in [0, 0.05) is 31.6 Å². The Hall–Kier alpha value is -1.21. The molecule has 29 heavy (non-hydrogen) atoms. The molecule has 1 fully saturated rings. The molecule has 164 valence electrons. The zero-order chi connectivity index (χ0) is 21.6. The number of ketones is 1. The van der Waals surface area contributed by atoms with Crippen LogP contribution in [0.5, 0.6) is 0 Å². The Morgan fingerprint density at radius 2 is 2.07 bits per heavy atom. The lowest BCUT2D eigenvalue weighted by Crippen LogP contribution is -2.17. The summed E-state index contributed by atoms with van der Waals surface area (Å²) in [5.74, 6) is 10.7. The second-order valence-electron chi connectivity index (χ2n) is 8.26. The molecule has 5 atom stereocenters. The van der Waals surface area contributed by atoms with Crippen molar-refractivity contribution in [2.45, 2.75) is 72.6 Å². The van der Waals surface area contributed by atoms with Crippen molar-refractivity contribution >= 4 is 23.5 Å². The van der Waals surface area contributed by atoms with Gasteiger partial charge in [-0.2, -0.15) is 11.8 Å². The van der Waals surface area contributed by atoms with Crippen molar-refractivity contribution in [1.82, 2.24) is 0 Å². The van der Waals surface area contributed by atoms with E-state index in [1.165, 1.54) is 7.11 Å². The van der Waals surface area contributed by atoms with Crippen LogP contribution in [-0.4, -0.2) is 30.4 Å². The maximum absolute atomic E-state index is 12.5. The molecule has 0 aromatic rings. The highest BCUT2D eigenvalue weighted by Crippen LogP contribution is 2.38. The molecule has 1 unspecified atom stereocenters. The van der Waals surface area contributed by atoms with Crippen LogP contribution in [0.25, 0.3) is 0 Å². The second kappa shape index (κ2) is 14.7. The van der Waals surface area contributed by atoms with Gasteiger partial charge in [-0.25, -0.2) is 0 Å². The molecule has 1 aliphatic rings. The molecule has 0 aliphatic heterocycles. The Bertz CT molecular complexity index is 587. The van der Waals surface area contributed by atoms with Crippen molar-refractivity contribution in [3.05, 3.63) is 12.2 Å². The first kappa shape index (κ1) is 25.8. The molecular weight excluding hydrogens is 380 g/mol. The van der Waals surface area contributed by atoms with Crippen molar-refractivity contribution in [2.75, 3.05) is 18.6 Å². The molecule has 1 rings (SSSR count). The second-order valence-corrected chi connectivity index (χ2v) is 9.48. The number of rotatable bonds is 12. The third kappa shape index (κ3) is 9.43. The van der Waals surface area contributed by atoms with Crippen molar-refractivity contribution in [3.8, 4) is 11.8 Å². The maximum atomic E-state index is 12.5. The summed E-state index contributed by atoms with van der Waals surface area (Å²) in [5.41, 5.74) is 0. The smallest absolute Gasteiger partial charge is 0.305 e. The summed E-state index contributed by atoms with van der Waals surface area (Å²) in [5, 5.41) is 0. The van der Waals surface area contributed by atoms with Crippen LogP contribution in [0.15, 0.2) is 12.2 Å². The number of hydrogen-bond acceptors (Lipinski definition) is 4. The van der Waals surface area contributed by atoms with E-state index in [9.17, 15) is 9.59 Å². The molecule has 0 heterocycles. The molecule has 3 nitrogen and oxygen atoms in total. The van der Waals surface area contributed by atoms with Gasteiger partial charge in [0.1, 0.15) is 5.78 Å². The van der Waals surface area contributed by atoms with Crippen LogP contribution in [0.2, 0.25) is 0 Å². The molecule has 0 bridgehead atoms. The average molecular weight is 421 g/mol. The molecule has 0 radical (unpaired) electrons. The summed E-state index contributed by atoms with van der Waals surface area (Å²) in [4.78, 5) is 23.7. The standard InChI is InChI=1S/C25H40O3S/c1-6-8-9-11-19(3)21(7-2)13-14-22-20(4)18-24(26)23(22)15-17-29-16-10-12-25(27)28-5/h13-14,19-23H,6-7,10-12,15-18H2,1-5H3/b14-13+/t19-,20+,21?,22-,23+/m0/s1. The molecular formula is C25H40O3S. The largest absolute Gasteiger partial charge is 0.469 e. The van der Waals surface area contributed by atoms with E-state index in [2.05, 4.69) is 56.4 Å². The van der Waals surface area contributed by atoms with Crippen molar-refractivity contribution in [3.63, 3.8) is 0 Å². The first-order valence-corrected chi connectivity index (χ1v) is 12.4. The lowest BCUT2D eigenvalue weighted by atomic mass is 9.84. The normalized spacial score (nSPS) is 23.6. The van der Waals surface area contributed by atoms with E-state index < -0.39 is 0 Å². The molecule has 0 spiro atoms. The number of ether oxygens (including phenoxy) is 1. The number of allylic oxidation sites excluding steroid dienone is 2. The highest BCUT2D eigenvalue weighted by Gasteiger charge is 2.38. The van der Waals surface area contributed by atoms with E-state index in [1.54, 1.807) is 0 Å². The molecule has 4 heteroatoms. The summed E-state index contributed by atoms with van der Waals surface area (Å²) in [6.45, 7) is 8.83. The predicted molar refractivity (Wildman–Crippen MR) is 124 cm³/mol. The van der Waals surface area contributed by atoms with Gasteiger partial charge in [0.15, 0.2) is 0 Å². The van der Waals surface area contributed by atoms with E-state index in [-0.39, 0.29) is 11.9 Å². The number of carbonyl (C=O) groups excluding carboxylic acids is 2. The fraction of sp³-hybridized carbons (Fsp3) is 0.760. The van der Waals surface area contributed by atoms with Crippen molar-refractivity contribution < 1.29 is 14.3 Å². The number of esters is 1. The van der Waals surface area contributed by atoms with Gasteiger partial charge in [-0.1, -0.05) is 39.8 Å². The molecule has 0 aromatic carbocycles. The number of Topliss-reactive ketones (excluding diaryl/α,β-unsaturated/α-hetero) is 1. The highest BCUT2D eigenvalue weighted by atomic mass is 32.2. The van der Waals surface area contributed by atoms with E-state index in [4.69, 9.17) is 0 Å². The van der Waals surface area contributed by atoms with Gasteiger partial charge in [-0.15, -0.1) is 11.8 Å². The quantitative estimate of drug-likeness (QED) is 0.170. The summed E-state index contributed by atoms with van der Waals surface area (Å²) in [6, 6.07) is 0. The lowest BCUT2D eigenvalue weighted by Gasteiger charge is -2.21. The van der Waals surface area contributed by atoms with E-state index in [0.717, 1.165) is 43.6 Å². The van der Waals surface area contributed by atoms with Gasteiger partial charge in [0.2, 0.25) is 0 Å². The van der Waals surface area contributed by atoms with Crippen LogP contribution in [0.3, 0.4) is 0 Å². The van der Waals surface area contributed by atoms with E-state index in [0.29, 0.717) is 42.3 Å². The van der Waals surface area contributed by atoms with Crippen LogP contribution in [0.1, 0.15) is 72.6 Å². The minimum absolute atomic E-state index is 0.143. The summed E-state index contributed by atoms with van der Waals surface area (Å²) >= 11 is 1.84. The zero-order valence-electron chi connectivity index (χ0n) is 19.0. The summed E-state index contributed by atoms with van der Waals surface area (Å²) in [7, 11) is 1.43. The first-order chi connectivity index (χ1) is 13.9. The van der Waals surface area contributed by atoms with Crippen molar-refractivity contribution in [1.29, 1.82) is 0 Å². The fourth-order valence-electron chi connectivity index (χ4n) is 4.13. The Morgan fingerprint density at radius 1 is 1.31 bits per heavy atom. The van der Waals surface area contributed by atoms with Gasteiger partial charge < -0.3 is 4.74 Å². The Morgan fingerprint density at radius 3 is 2.72 bits per heavy atom. The molecule has 0 N–H and O–H groups in total. The van der Waals surface area contributed by atoms with Gasteiger partial charge >= 0.3 is 5.97 Å². The maximum Gasteiger partial charge on any atom is 0.305 e. The van der Waals surface area contributed by atoms with E-state index in [1.807, 2.05) is 11.8 Å². The number of methoxy groups -OCH3 is 1. The average Bonchev–Trinajstić information content (AvgIpc) is 2.97. The molecule has 0 aromatic heterocycles. The van der Waals surface area contributed by atoms with Crippen LogP contribution in [0, 0.1) is 41.4 Å². The molecule has 0 amide bonds. The molecule has 1 saturated carbocycles. The fourth-order valence-corrected chi connectivity index (χ4v) is 5.11. The molecule has 0 saturated heterocycles. The minimum Gasteiger partial charge on any atom is -0.469 e. The number of hydrogen-bond donors (Lipinski definition) is 0. The van der Waals surface area contributed by atoms with Crippen LogP contribution < -0.4 is 0 Å². The van der Waals surface area contributed by atoms with Crippen LogP contribution in [-0.2, 0) is 14.3 Å². The predicted octanol–water partition coefficient (Wildman–Crippen LogP) is 5.93. The number of carbonyl (C=O) groups is 2. The molecule has 1 aliphatic carbocycles.